The molecule has 1 fully saturated rings. The fourth-order valence-electron chi connectivity index (χ4n) is 3.09. The number of ether oxygens (including phenoxy) is 2. The largest absolute Gasteiger partial charge is 0.502 e. The SMILES string of the molecule is COc1cc(/C=C(\C#N)C(=O)N[C@@H]2CCCC[C@@H]2C)cc(OC)c1O. The number of amides is 1. The predicted molar refractivity (Wildman–Crippen MR) is 94.4 cm³/mol. The van der Waals surface area contributed by atoms with Gasteiger partial charge in [-0.2, -0.15) is 5.26 Å². The van der Waals surface area contributed by atoms with E-state index in [0.717, 1.165) is 19.3 Å². The number of nitriles is 1. The van der Waals surface area contributed by atoms with E-state index in [1.807, 2.05) is 6.07 Å². The van der Waals surface area contributed by atoms with Gasteiger partial charge < -0.3 is 19.9 Å². The molecule has 1 aromatic carbocycles. The second-order valence-corrected chi connectivity index (χ2v) is 6.29. The lowest BCUT2D eigenvalue weighted by Gasteiger charge is -2.29. The van der Waals surface area contributed by atoms with Crippen molar-refractivity contribution in [2.45, 2.75) is 38.6 Å². The van der Waals surface area contributed by atoms with Gasteiger partial charge in [-0.05, 0) is 42.5 Å². The van der Waals surface area contributed by atoms with Crippen molar-refractivity contribution in [2.24, 2.45) is 5.92 Å². The Bertz CT molecular complexity index is 681. The molecular weight excluding hydrogens is 320 g/mol. The van der Waals surface area contributed by atoms with Gasteiger partial charge in [0.2, 0.25) is 5.75 Å². The van der Waals surface area contributed by atoms with Crippen LogP contribution in [0.25, 0.3) is 6.08 Å². The normalized spacial score (nSPS) is 20.5. The minimum absolute atomic E-state index is 0.00701. The van der Waals surface area contributed by atoms with Crippen molar-refractivity contribution in [2.75, 3.05) is 14.2 Å². The highest BCUT2D eigenvalue weighted by Crippen LogP contribution is 2.37. The molecule has 1 aliphatic rings. The maximum atomic E-state index is 12.5. The summed E-state index contributed by atoms with van der Waals surface area (Å²) in [6, 6.07) is 5.14. The van der Waals surface area contributed by atoms with Crippen LogP contribution in [-0.2, 0) is 4.79 Å². The third-order valence-corrected chi connectivity index (χ3v) is 4.61. The van der Waals surface area contributed by atoms with Crippen LogP contribution in [0.3, 0.4) is 0 Å². The standard InChI is InChI=1S/C19H24N2O4/c1-12-6-4-5-7-15(12)21-19(23)14(11-20)8-13-9-16(24-2)18(22)17(10-13)25-3/h8-10,12,15,22H,4-7H2,1-3H3,(H,21,23)/b14-8+/t12-,15+/m0/s1. The lowest BCUT2D eigenvalue weighted by Crippen LogP contribution is -2.41. The Kier molecular flexibility index (Phi) is 6.29. The zero-order valence-corrected chi connectivity index (χ0v) is 14.8. The van der Waals surface area contributed by atoms with Gasteiger partial charge in [-0.3, -0.25) is 4.79 Å². The molecule has 2 atom stereocenters. The first-order valence-corrected chi connectivity index (χ1v) is 8.37. The van der Waals surface area contributed by atoms with E-state index in [1.54, 1.807) is 12.1 Å². The lowest BCUT2D eigenvalue weighted by molar-refractivity contribution is -0.118. The average Bonchev–Trinajstić information content (AvgIpc) is 2.62. The van der Waals surface area contributed by atoms with Gasteiger partial charge in [0.1, 0.15) is 11.6 Å². The topological polar surface area (TPSA) is 91.6 Å². The predicted octanol–water partition coefficient (Wildman–Crippen LogP) is 3.01. The molecule has 0 unspecified atom stereocenters. The van der Waals surface area contributed by atoms with E-state index in [-0.39, 0.29) is 34.8 Å². The first-order chi connectivity index (χ1) is 12.0. The summed E-state index contributed by atoms with van der Waals surface area (Å²) in [7, 11) is 2.84. The summed E-state index contributed by atoms with van der Waals surface area (Å²) in [5, 5.41) is 22.3. The number of carbonyl (C=O) groups excluding carboxylic acids is 1. The number of aromatic hydroxyl groups is 1. The minimum Gasteiger partial charge on any atom is -0.502 e. The summed E-state index contributed by atoms with van der Waals surface area (Å²) in [6.07, 6.45) is 5.76. The number of hydrogen-bond donors (Lipinski definition) is 2. The number of hydrogen-bond acceptors (Lipinski definition) is 5. The average molecular weight is 344 g/mol. The molecule has 25 heavy (non-hydrogen) atoms. The van der Waals surface area contributed by atoms with Gasteiger partial charge in [-0.15, -0.1) is 0 Å². The summed E-state index contributed by atoms with van der Waals surface area (Å²) >= 11 is 0. The van der Waals surface area contributed by atoms with Gasteiger partial charge >= 0.3 is 0 Å². The monoisotopic (exact) mass is 344 g/mol. The van der Waals surface area contributed by atoms with Crippen LogP contribution in [0, 0.1) is 17.2 Å². The quantitative estimate of drug-likeness (QED) is 0.633. The molecule has 2 N–H and O–H groups in total. The number of phenols is 1. The van der Waals surface area contributed by atoms with Crippen molar-refractivity contribution >= 4 is 12.0 Å². The summed E-state index contributed by atoms with van der Waals surface area (Å²) < 4.78 is 10.2. The molecule has 0 heterocycles. The highest BCUT2D eigenvalue weighted by atomic mass is 16.5. The van der Waals surface area contributed by atoms with E-state index in [9.17, 15) is 15.2 Å². The van der Waals surface area contributed by atoms with Crippen LogP contribution < -0.4 is 14.8 Å². The third-order valence-electron chi connectivity index (χ3n) is 4.61. The van der Waals surface area contributed by atoms with Crippen LogP contribution in [0.5, 0.6) is 17.2 Å². The van der Waals surface area contributed by atoms with E-state index < -0.39 is 0 Å². The van der Waals surface area contributed by atoms with E-state index in [4.69, 9.17) is 9.47 Å². The molecule has 0 bridgehead atoms. The van der Waals surface area contributed by atoms with Crippen LogP contribution >= 0.6 is 0 Å². The van der Waals surface area contributed by atoms with Gasteiger partial charge in [0.05, 0.1) is 14.2 Å². The smallest absolute Gasteiger partial charge is 0.262 e. The fourth-order valence-corrected chi connectivity index (χ4v) is 3.09. The van der Waals surface area contributed by atoms with Crippen LogP contribution in [-0.4, -0.2) is 31.3 Å². The number of rotatable bonds is 5. The van der Waals surface area contributed by atoms with Gasteiger partial charge in [0.15, 0.2) is 11.5 Å². The Morgan fingerprint density at radius 3 is 2.40 bits per heavy atom. The maximum absolute atomic E-state index is 12.5. The Morgan fingerprint density at radius 2 is 1.88 bits per heavy atom. The van der Waals surface area contributed by atoms with Gasteiger partial charge in [-0.25, -0.2) is 0 Å². The first kappa shape index (κ1) is 18.7. The van der Waals surface area contributed by atoms with Crippen LogP contribution in [0.15, 0.2) is 17.7 Å². The Morgan fingerprint density at radius 1 is 1.28 bits per heavy atom. The van der Waals surface area contributed by atoms with Crippen molar-refractivity contribution in [3.63, 3.8) is 0 Å². The van der Waals surface area contributed by atoms with Gasteiger partial charge in [0, 0.05) is 6.04 Å². The molecule has 0 aromatic heterocycles. The van der Waals surface area contributed by atoms with Crippen LogP contribution in [0.4, 0.5) is 0 Å². The molecule has 2 rings (SSSR count). The summed E-state index contributed by atoms with van der Waals surface area (Å²) in [5.41, 5.74) is 0.544. The zero-order chi connectivity index (χ0) is 18.4. The van der Waals surface area contributed by atoms with Crippen molar-refractivity contribution in [1.29, 1.82) is 5.26 Å². The van der Waals surface area contributed by atoms with Crippen molar-refractivity contribution < 1.29 is 19.4 Å². The molecule has 0 saturated heterocycles. The molecule has 134 valence electrons. The number of phenolic OH excluding ortho intramolecular Hbond substituents is 1. The van der Waals surface area contributed by atoms with E-state index in [1.165, 1.54) is 26.7 Å². The van der Waals surface area contributed by atoms with E-state index >= 15 is 0 Å². The molecular formula is C19H24N2O4. The van der Waals surface area contributed by atoms with Crippen LogP contribution in [0.1, 0.15) is 38.2 Å². The number of nitrogens with one attached hydrogen (secondary N) is 1. The molecule has 6 heteroatoms. The molecule has 6 nitrogen and oxygen atoms in total. The van der Waals surface area contributed by atoms with Crippen LogP contribution in [0.2, 0.25) is 0 Å². The summed E-state index contributed by atoms with van der Waals surface area (Å²) in [6.45, 7) is 2.12. The second kappa shape index (κ2) is 8.43. The summed E-state index contributed by atoms with van der Waals surface area (Å²) in [5.74, 6) is 0.327. The Balaban J connectivity index is 2.24. The lowest BCUT2D eigenvalue weighted by atomic mass is 9.86. The van der Waals surface area contributed by atoms with Crippen molar-refractivity contribution in [1.82, 2.24) is 5.32 Å². The highest BCUT2D eigenvalue weighted by molar-refractivity contribution is 6.02. The Labute approximate surface area is 148 Å². The fraction of sp³-hybridized carbons (Fsp3) is 0.474. The van der Waals surface area contributed by atoms with Gasteiger partial charge in [-0.1, -0.05) is 19.8 Å². The van der Waals surface area contributed by atoms with Crippen molar-refractivity contribution in [3.05, 3.63) is 23.3 Å². The molecule has 0 radical (unpaired) electrons. The number of nitrogens with zero attached hydrogens (tertiary/aromatic N) is 1. The number of carbonyl (C=O) groups is 1. The van der Waals surface area contributed by atoms with E-state index in [2.05, 4.69) is 12.2 Å². The molecule has 1 amide bonds. The molecule has 1 aliphatic carbocycles. The summed E-state index contributed by atoms with van der Waals surface area (Å²) in [4.78, 5) is 12.5. The zero-order valence-electron chi connectivity index (χ0n) is 14.8. The number of benzene rings is 1. The van der Waals surface area contributed by atoms with Crippen molar-refractivity contribution in [3.8, 4) is 23.3 Å². The first-order valence-electron chi connectivity index (χ1n) is 8.37. The maximum Gasteiger partial charge on any atom is 0.262 e. The second-order valence-electron chi connectivity index (χ2n) is 6.29. The molecule has 0 aliphatic heterocycles. The molecule has 1 saturated carbocycles. The third kappa shape index (κ3) is 4.44. The molecule has 1 aromatic rings. The minimum atomic E-state index is -0.382. The Hall–Kier alpha value is -2.68. The van der Waals surface area contributed by atoms with Gasteiger partial charge in [0.25, 0.3) is 5.91 Å². The highest BCUT2D eigenvalue weighted by Gasteiger charge is 2.24. The molecule has 0 spiro atoms. The number of methoxy groups -OCH3 is 2. The van der Waals surface area contributed by atoms with E-state index in [0.29, 0.717) is 11.5 Å².